The lowest BCUT2D eigenvalue weighted by Crippen LogP contribution is -2.14. The van der Waals surface area contributed by atoms with Crippen molar-refractivity contribution in [1.29, 1.82) is 5.41 Å². The van der Waals surface area contributed by atoms with E-state index < -0.39 is 0 Å². The predicted molar refractivity (Wildman–Crippen MR) is 87.1 cm³/mol. The van der Waals surface area contributed by atoms with Crippen molar-refractivity contribution in [1.82, 2.24) is 0 Å². The molecule has 0 bridgehead atoms. The maximum Gasteiger partial charge on any atom is 0.122 e. The average molecular weight is 292 g/mol. The van der Waals surface area contributed by atoms with Gasteiger partial charge in [-0.1, -0.05) is 32.6 Å². The molecule has 0 saturated carbocycles. The van der Waals surface area contributed by atoms with Crippen molar-refractivity contribution >= 4 is 5.84 Å². The predicted octanol–water partition coefficient (Wildman–Crippen LogP) is 3.72. The molecule has 0 aliphatic carbocycles. The molecule has 1 aromatic rings. The summed E-state index contributed by atoms with van der Waals surface area (Å²) >= 11 is 0. The van der Waals surface area contributed by atoms with Crippen LogP contribution in [-0.2, 0) is 4.74 Å². The molecule has 0 spiro atoms. The molecular formula is C17H28N2O2. The molecule has 1 rings (SSSR count). The molecule has 0 aromatic heterocycles. The van der Waals surface area contributed by atoms with Gasteiger partial charge in [0.2, 0.25) is 0 Å². The van der Waals surface area contributed by atoms with Crippen molar-refractivity contribution in [3.63, 3.8) is 0 Å². The molecule has 0 amide bonds. The minimum atomic E-state index is 0.0711. The molecule has 0 radical (unpaired) electrons. The Morgan fingerprint density at radius 3 is 2.48 bits per heavy atom. The normalized spacial score (nSPS) is 12.1. The number of nitrogens with one attached hydrogen (secondary N) is 1. The fraction of sp³-hybridized carbons (Fsp3) is 0.588. The van der Waals surface area contributed by atoms with E-state index in [9.17, 15) is 0 Å². The number of ether oxygens (including phenoxy) is 2. The molecule has 4 nitrogen and oxygen atoms in total. The van der Waals surface area contributed by atoms with Gasteiger partial charge in [-0.05, 0) is 37.6 Å². The van der Waals surface area contributed by atoms with Crippen molar-refractivity contribution in [3.05, 3.63) is 29.8 Å². The van der Waals surface area contributed by atoms with Crippen LogP contribution < -0.4 is 10.5 Å². The summed E-state index contributed by atoms with van der Waals surface area (Å²) in [5.74, 6) is 0.848. The minimum absolute atomic E-state index is 0.0711. The number of amidine groups is 1. The van der Waals surface area contributed by atoms with Gasteiger partial charge in [0.15, 0.2) is 0 Å². The topological polar surface area (TPSA) is 68.3 Å². The Morgan fingerprint density at radius 2 is 1.86 bits per heavy atom. The smallest absolute Gasteiger partial charge is 0.122 e. The van der Waals surface area contributed by atoms with E-state index in [0.29, 0.717) is 24.9 Å². The van der Waals surface area contributed by atoms with E-state index >= 15 is 0 Å². The van der Waals surface area contributed by atoms with E-state index in [1.807, 2.05) is 12.1 Å². The molecule has 0 saturated heterocycles. The third-order valence-corrected chi connectivity index (χ3v) is 3.38. The lowest BCUT2D eigenvalue weighted by Gasteiger charge is -2.13. The van der Waals surface area contributed by atoms with E-state index in [4.69, 9.17) is 20.6 Å². The first-order valence-electron chi connectivity index (χ1n) is 7.82. The van der Waals surface area contributed by atoms with E-state index in [0.717, 1.165) is 12.2 Å². The highest BCUT2D eigenvalue weighted by Crippen LogP contribution is 2.12. The first-order chi connectivity index (χ1) is 10.1. The Labute approximate surface area is 128 Å². The second kappa shape index (κ2) is 10.2. The Bertz CT molecular complexity index is 404. The number of rotatable bonds is 11. The highest BCUT2D eigenvalue weighted by Gasteiger charge is 2.02. The van der Waals surface area contributed by atoms with Gasteiger partial charge in [-0.15, -0.1) is 0 Å². The molecule has 4 heteroatoms. The molecule has 3 N–H and O–H groups in total. The zero-order valence-electron chi connectivity index (χ0n) is 13.2. The maximum atomic E-state index is 7.32. The van der Waals surface area contributed by atoms with Crippen LogP contribution in [0.3, 0.4) is 0 Å². The van der Waals surface area contributed by atoms with E-state index in [2.05, 4.69) is 13.8 Å². The standard InChI is InChI=1S/C17H28N2O2/c1-3-4-5-6-7-14(2)20-12-13-21-16-10-8-15(9-11-16)17(18)19/h8-11,14H,3-7,12-13H2,1-2H3,(H3,18,19). The largest absolute Gasteiger partial charge is 0.491 e. The van der Waals surface area contributed by atoms with Gasteiger partial charge in [0.1, 0.15) is 18.2 Å². The summed E-state index contributed by atoms with van der Waals surface area (Å²) in [5, 5.41) is 7.32. The van der Waals surface area contributed by atoms with Gasteiger partial charge in [-0.25, -0.2) is 0 Å². The summed E-state index contributed by atoms with van der Waals surface area (Å²) in [4.78, 5) is 0. The Morgan fingerprint density at radius 1 is 1.14 bits per heavy atom. The van der Waals surface area contributed by atoms with Crippen molar-refractivity contribution in [3.8, 4) is 5.75 Å². The van der Waals surface area contributed by atoms with Crippen LogP contribution in [-0.4, -0.2) is 25.2 Å². The van der Waals surface area contributed by atoms with Crippen LogP contribution in [0, 0.1) is 5.41 Å². The third-order valence-electron chi connectivity index (χ3n) is 3.38. The fourth-order valence-corrected chi connectivity index (χ4v) is 2.08. The van der Waals surface area contributed by atoms with Crippen molar-refractivity contribution < 1.29 is 9.47 Å². The second-order valence-corrected chi connectivity index (χ2v) is 5.32. The van der Waals surface area contributed by atoms with E-state index in [-0.39, 0.29) is 5.84 Å². The Balaban J connectivity index is 2.11. The van der Waals surface area contributed by atoms with Crippen LogP contribution >= 0.6 is 0 Å². The monoisotopic (exact) mass is 292 g/mol. The molecule has 1 aromatic carbocycles. The molecule has 118 valence electrons. The Kier molecular flexibility index (Phi) is 8.51. The lowest BCUT2D eigenvalue weighted by atomic mass is 10.1. The summed E-state index contributed by atoms with van der Waals surface area (Å²) in [6.45, 7) is 5.48. The van der Waals surface area contributed by atoms with Gasteiger partial charge in [0.05, 0.1) is 12.7 Å². The zero-order valence-corrected chi connectivity index (χ0v) is 13.2. The first kappa shape index (κ1) is 17.5. The highest BCUT2D eigenvalue weighted by molar-refractivity contribution is 5.94. The molecular weight excluding hydrogens is 264 g/mol. The number of hydrogen-bond donors (Lipinski definition) is 2. The van der Waals surface area contributed by atoms with Gasteiger partial charge in [0.25, 0.3) is 0 Å². The van der Waals surface area contributed by atoms with Crippen LogP contribution in [0.1, 0.15) is 51.5 Å². The quantitative estimate of drug-likeness (QED) is 0.371. The van der Waals surface area contributed by atoms with Crippen LogP contribution in [0.5, 0.6) is 5.75 Å². The number of nitrogen functional groups attached to an aromatic ring is 1. The maximum absolute atomic E-state index is 7.32. The first-order valence-corrected chi connectivity index (χ1v) is 7.82. The highest BCUT2D eigenvalue weighted by atomic mass is 16.5. The van der Waals surface area contributed by atoms with Gasteiger partial charge in [-0.3, -0.25) is 5.41 Å². The van der Waals surface area contributed by atoms with Gasteiger partial charge >= 0.3 is 0 Å². The molecule has 0 heterocycles. The molecule has 1 unspecified atom stereocenters. The van der Waals surface area contributed by atoms with Gasteiger partial charge in [0, 0.05) is 5.56 Å². The van der Waals surface area contributed by atoms with Crippen molar-refractivity contribution in [2.75, 3.05) is 13.2 Å². The SMILES string of the molecule is CCCCCCC(C)OCCOc1ccc(C(=N)N)cc1. The summed E-state index contributed by atoms with van der Waals surface area (Å²) < 4.78 is 11.3. The second-order valence-electron chi connectivity index (χ2n) is 5.32. The number of unbranched alkanes of at least 4 members (excludes halogenated alkanes) is 3. The molecule has 0 aliphatic rings. The minimum Gasteiger partial charge on any atom is -0.491 e. The van der Waals surface area contributed by atoms with E-state index in [1.54, 1.807) is 12.1 Å². The average Bonchev–Trinajstić information content (AvgIpc) is 2.48. The summed E-state index contributed by atoms with van der Waals surface area (Å²) in [7, 11) is 0. The van der Waals surface area contributed by atoms with Gasteiger partial charge in [-0.2, -0.15) is 0 Å². The number of nitrogens with two attached hydrogens (primary N) is 1. The molecule has 0 aliphatic heterocycles. The third kappa shape index (κ3) is 7.71. The van der Waals surface area contributed by atoms with Crippen LogP contribution in [0.25, 0.3) is 0 Å². The zero-order chi connectivity index (χ0) is 15.5. The molecule has 21 heavy (non-hydrogen) atoms. The lowest BCUT2D eigenvalue weighted by molar-refractivity contribution is 0.0384. The fourth-order valence-electron chi connectivity index (χ4n) is 2.08. The van der Waals surface area contributed by atoms with Crippen molar-refractivity contribution in [2.24, 2.45) is 5.73 Å². The van der Waals surface area contributed by atoms with Gasteiger partial charge < -0.3 is 15.2 Å². The number of benzene rings is 1. The molecule has 0 fully saturated rings. The van der Waals surface area contributed by atoms with Crippen molar-refractivity contribution in [2.45, 2.75) is 52.1 Å². The Hall–Kier alpha value is -1.55. The van der Waals surface area contributed by atoms with Crippen LogP contribution in [0.15, 0.2) is 24.3 Å². The van der Waals surface area contributed by atoms with E-state index in [1.165, 1.54) is 25.7 Å². The van der Waals surface area contributed by atoms with Crippen LogP contribution in [0.4, 0.5) is 0 Å². The number of hydrogen-bond acceptors (Lipinski definition) is 3. The summed E-state index contributed by atoms with van der Waals surface area (Å²) in [5.41, 5.74) is 6.11. The van der Waals surface area contributed by atoms with Crippen LogP contribution in [0.2, 0.25) is 0 Å². The summed E-state index contributed by atoms with van der Waals surface area (Å²) in [6, 6.07) is 7.22. The molecule has 1 atom stereocenters. The summed E-state index contributed by atoms with van der Waals surface area (Å²) in [6.07, 6.45) is 6.53.